The molecule has 0 fully saturated rings. The zero-order chi connectivity index (χ0) is 7.56. The predicted molar refractivity (Wildman–Crippen MR) is 41.6 cm³/mol. The normalized spacial score (nSPS) is 9.30. The molecule has 52 valence electrons. The highest BCUT2D eigenvalue weighted by Crippen LogP contribution is 2.14. The second-order valence-electron chi connectivity index (χ2n) is 2.16. The summed E-state index contributed by atoms with van der Waals surface area (Å²) in [5, 5.41) is 10.7. The molecular formula is C8H9NO. The van der Waals surface area contributed by atoms with Crippen LogP contribution in [0, 0.1) is 12.1 Å². The van der Waals surface area contributed by atoms with Crippen LogP contribution in [0.1, 0.15) is 5.56 Å². The SMILES string of the molecule is C=[N+]([O-])c1ccccc1C. The van der Waals surface area contributed by atoms with E-state index in [0.717, 1.165) is 5.56 Å². The molecule has 0 unspecified atom stereocenters. The Balaban J connectivity index is 3.15. The van der Waals surface area contributed by atoms with E-state index in [0.29, 0.717) is 10.4 Å². The van der Waals surface area contributed by atoms with Crippen molar-refractivity contribution in [2.24, 2.45) is 0 Å². The average Bonchev–Trinajstić information content (AvgIpc) is 1.88. The number of hydrogen-bond acceptors (Lipinski definition) is 1. The van der Waals surface area contributed by atoms with E-state index in [4.69, 9.17) is 0 Å². The molecule has 0 radical (unpaired) electrons. The van der Waals surface area contributed by atoms with Crippen LogP contribution in [0.15, 0.2) is 24.3 Å². The van der Waals surface area contributed by atoms with Gasteiger partial charge in [0.25, 0.3) is 0 Å². The van der Waals surface area contributed by atoms with Gasteiger partial charge in [-0.15, -0.1) is 0 Å². The van der Waals surface area contributed by atoms with Crippen molar-refractivity contribution in [2.75, 3.05) is 0 Å². The summed E-state index contributed by atoms with van der Waals surface area (Å²) < 4.78 is 0.620. The van der Waals surface area contributed by atoms with Gasteiger partial charge in [0.2, 0.25) is 5.69 Å². The maximum absolute atomic E-state index is 10.7. The molecule has 0 heterocycles. The molecule has 0 atom stereocenters. The fourth-order valence-electron chi connectivity index (χ4n) is 0.843. The Morgan fingerprint density at radius 1 is 1.40 bits per heavy atom. The van der Waals surface area contributed by atoms with E-state index in [1.54, 1.807) is 6.07 Å². The largest absolute Gasteiger partial charge is 0.619 e. The van der Waals surface area contributed by atoms with Crippen molar-refractivity contribution < 1.29 is 4.74 Å². The Morgan fingerprint density at radius 2 is 2.00 bits per heavy atom. The fourth-order valence-corrected chi connectivity index (χ4v) is 0.843. The summed E-state index contributed by atoms with van der Waals surface area (Å²) in [5.74, 6) is 0. The van der Waals surface area contributed by atoms with Crippen LogP contribution in [-0.4, -0.2) is 11.5 Å². The molecule has 0 aliphatic carbocycles. The molecule has 2 nitrogen and oxygen atoms in total. The van der Waals surface area contributed by atoms with E-state index in [1.807, 2.05) is 25.1 Å². The summed E-state index contributed by atoms with van der Waals surface area (Å²) in [5.41, 5.74) is 1.58. The average molecular weight is 135 g/mol. The number of hydrogen-bond donors (Lipinski definition) is 0. The molecule has 1 aromatic carbocycles. The topological polar surface area (TPSA) is 26.1 Å². The summed E-state index contributed by atoms with van der Waals surface area (Å²) in [7, 11) is 0. The summed E-state index contributed by atoms with van der Waals surface area (Å²) in [6.07, 6.45) is 0. The monoisotopic (exact) mass is 135 g/mol. The standard InChI is InChI=1S/C8H9NO/c1-7-5-3-4-6-8(7)9(2)10/h3-6H,2H2,1H3. The van der Waals surface area contributed by atoms with Gasteiger partial charge in [0.15, 0.2) is 0 Å². The van der Waals surface area contributed by atoms with Crippen LogP contribution in [0.2, 0.25) is 0 Å². The number of para-hydroxylation sites is 1. The van der Waals surface area contributed by atoms with Gasteiger partial charge in [-0.2, -0.15) is 4.74 Å². The summed E-state index contributed by atoms with van der Waals surface area (Å²) in [6, 6.07) is 7.33. The van der Waals surface area contributed by atoms with Gasteiger partial charge < -0.3 is 5.21 Å². The summed E-state index contributed by atoms with van der Waals surface area (Å²) in [4.78, 5) is 0. The lowest BCUT2D eigenvalue weighted by Gasteiger charge is -2.01. The molecule has 0 aliphatic heterocycles. The van der Waals surface area contributed by atoms with Crippen molar-refractivity contribution in [3.63, 3.8) is 0 Å². The summed E-state index contributed by atoms with van der Waals surface area (Å²) in [6.45, 7) is 5.13. The maximum Gasteiger partial charge on any atom is 0.218 e. The van der Waals surface area contributed by atoms with Crippen LogP contribution in [-0.2, 0) is 0 Å². The van der Waals surface area contributed by atoms with Crippen molar-refractivity contribution in [1.82, 2.24) is 0 Å². The third-order valence-electron chi connectivity index (χ3n) is 1.38. The third kappa shape index (κ3) is 1.16. The lowest BCUT2D eigenvalue weighted by Crippen LogP contribution is -1.91. The van der Waals surface area contributed by atoms with E-state index < -0.39 is 0 Å². The van der Waals surface area contributed by atoms with E-state index in [2.05, 4.69) is 6.72 Å². The van der Waals surface area contributed by atoms with Gasteiger partial charge >= 0.3 is 0 Å². The highest BCUT2D eigenvalue weighted by molar-refractivity contribution is 5.41. The van der Waals surface area contributed by atoms with E-state index >= 15 is 0 Å². The summed E-state index contributed by atoms with van der Waals surface area (Å²) >= 11 is 0. The van der Waals surface area contributed by atoms with Crippen molar-refractivity contribution in [1.29, 1.82) is 0 Å². The molecule has 0 aliphatic rings. The Labute approximate surface area is 60.0 Å². The van der Waals surface area contributed by atoms with Crippen LogP contribution >= 0.6 is 0 Å². The Morgan fingerprint density at radius 3 is 2.40 bits per heavy atom. The van der Waals surface area contributed by atoms with Crippen LogP contribution < -0.4 is 0 Å². The van der Waals surface area contributed by atoms with Crippen LogP contribution in [0.5, 0.6) is 0 Å². The molecule has 1 rings (SSSR count). The molecule has 0 saturated heterocycles. The van der Waals surface area contributed by atoms with Gasteiger partial charge in [-0.25, -0.2) is 0 Å². The molecule has 0 amide bonds. The molecule has 0 saturated carbocycles. The lowest BCUT2D eigenvalue weighted by atomic mass is 10.2. The minimum atomic E-state index is 0.620. The van der Waals surface area contributed by atoms with E-state index in [1.165, 1.54) is 0 Å². The zero-order valence-electron chi connectivity index (χ0n) is 5.87. The number of nitrogens with zero attached hydrogens (tertiary/aromatic N) is 1. The van der Waals surface area contributed by atoms with Crippen molar-refractivity contribution in [3.05, 3.63) is 35.0 Å². The predicted octanol–water partition coefficient (Wildman–Crippen LogP) is 1.84. The highest BCUT2D eigenvalue weighted by Gasteiger charge is 1.99. The Kier molecular flexibility index (Phi) is 1.71. The van der Waals surface area contributed by atoms with Crippen molar-refractivity contribution in [3.8, 4) is 0 Å². The second kappa shape index (κ2) is 2.52. The first-order valence-corrected chi connectivity index (χ1v) is 3.05. The third-order valence-corrected chi connectivity index (χ3v) is 1.38. The minimum absolute atomic E-state index is 0.620. The first-order valence-electron chi connectivity index (χ1n) is 3.05. The first kappa shape index (κ1) is 6.81. The Bertz CT molecular complexity index is 255. The molecule has 10 heavy (non-hydrogen) atoms. The number of benzene rings is 1. The first-order chi connectivity index (χ1) is 4.72. The van der Waals surface area contributed by atoms with Crippen molar-refractivity contribution >= 4 is 12.4 Å². The van der Waals surface area contributed by atoms with Crippen LogP contribution in [0.25, 0.3) is 0 Å². The smallest absolute Gasteiger partial charge is 0.218 e. The Hall–Kier alpha value is -1.31. The lowest BCUT2D eigenvalue weighted by molar-refractivity contribution is -0.350. The van der Waals surface area contributed by atoms with E-state index in [9.17, 15) is 5.21 Å². The molecular weight excluding hydrogens is 126 g/mol. The van der Waals surface area contributed by atoms with Gasteiger partial charge in [0, 0.05) is 11.6 Å². The molecule has 0 spiro atoms. The second-order valence-corrected chi connectivity index (χ2v) is 2.16. The van der Waals surface area contributed by atoms with E-state index in [-0.39, 0.29) is 0 Å². The van der Waals surface area contributed by atoms with Crippen molar-refractivity contribution in [2.45, 2.75) is 6.92 Å². The fraction of sp³-hybridized carbons (Fsp3) is 0.125. The molecule has 0 aromatic heterocycles. The molecule has 1 aromatic rings. The van der Waals surface area contributed by atoms with Gasteiger partial charge in [0.05, 0.1) is 0 Å². The quantitative estimate of drug-likeness (QED) is 0.250. The van der Waals surface area contributed by atoms with Gasteiger partial charge in [-0.1, -0.05) is 18.2 Å². The maximum atomic E-state index is 10.7. The number of aryl methyl sites for hydroxylation is 1. The van der Waals surface area contributed by atoms with Gasteiger partial charge in [0.1, 0.15) is 6.72 Å². The molecule has 0 N–H and O–H groups in total. The van der Waals surface area contributed by atoms with Crippen LogP contribution in [0.4, 0.5) is 5.69 Å². The highest BCUT2D eigenvalue weighted by atomic mass is 16.5. The van der Waals surface area contributed by atoms with Gasteiger partial charge in [-0.05, 0) is 6.92 Å². The van der Waals surface area contributed by atoms with Gasteiger partial charge in [-0.3, -0.25) is 0 Å². The minimum Gasteiger partial charge on any atom is -0.619 e. The molecule has 0 bridgehead atoms. The molecule has 2 heteroatoms. The van der Waals surface area contributed by atoms with Crippen LogP contribution in [0.3, 0.4) is 0 Å². The number of rotatable bonds is 1. The zero-order valence-corrected chi connectivity index (χ0v) is 5.87.